The van der Waals surface area contributed by atoms with Crippen molar-refractivity contribution in [2.75, 3.05) is 13.1 Å². The molecule has 5 heteroatoms. The average Bonchev–Trinajstić information content (AvgIpc) is 2.53. The van der Waals surface area contributed by atoms with Crippen molar-refractivity contribution in [1.29, 1.82) is 0 Å². The SMILES string of the molecule is Cc1[nH]nc(C(=O)N2CCCCCC2)c1Br. The van der Waals surface area contributed by atoms with Crippen molar-refractivity contribution < 1.29 is 4.79 Å². The molecule has 1 aliphatic rings. The van der Waals surface area contributed by atoms with Crippen molar-refractivity contribution >= 4 is 21.8 Å². The quantitative estimate of drug-likeness (QED) is 0.862. The van der Waals surface area contributed by atoms with Gasteiger partial charge in [0, 0.05) is 18.8 Å². The van der Waals surface area contributed by atoms with E-state index < -0.39 is 0 Å². The lowest BCUT2D eigenvalue weighted by Crippen LogP contribution is -2.32. The van der Waals surface area contributed by atoms with Gasteiger partial charge in [0.1, 0.15) is 0 Å². The summed E-state index contributed by atoms with van der Waals surface area (Å²) in [5.74, 6) is 0.0399. The molecule has 2 heterocycles. The zero-order valence-electron chi connectivity index (χ0n) is 9.42. The van der Waals surface area contributed by atoms with E-state index in [1.807, 2.05) is 11.8 Å². The smallest absolute Gasteiger partial charge is 0.275 e. The maximum Gasteiger partial charge on any atom is 0.275 e. The van der Waals surface area contributed by atoms with E-state index in [2.05, 4.69) is 26.1 Å². The molecule has 1 saturated heterocycles. The van der Waals surface area contributed by atoms with Gasteiger partial charge in [-0.25, -0.2) is 0 Å². The van der Waals surface area contributed by atoms with Crippen LogP contribution in [0.25, 0.3) is 0 Å². The lowest BCUT2D eigenvalue weighted by molar-refractivity contribution is 0.0755. The first-order valence-electron chi connectivity index (χ1n) is 5.70. The molecule has 0 atom stereocenters. The second kappa shape index (κ2) is 4.99. The van der Waals surface area contributed by atoms with Crippen LogP contribution in [0, 0.1) is 6.92 Å². The minimum atomic E-state index is 0.0399. The number of carbonyl (C=O) groups is 1. The Labute approximate surface area is 104 Å². The highest BCUT2D eigenvalue weighted by molar-refractivity contribution is 9.10. The number of aryl methyl sites for hydroxylation is 1. The van der Waals surface area contributed by atoms with E-state index in [1.54, 1.807) is 0 Å². The molecule has 1 N–H and O–H groups in total. The predicted octanol–water partition coefficient (Wildman–Crippen LogP) is 2.50. The van der Waals surface area contributed by atoms with Gasteiger partial charge < -0.3 is 4.90 Å². The van der Waals surface area contributed by atoms with Crippen LogP contribution >= 0.6 is 15.9 Å². The third kappa shape index (κ3) is 2.29. The Kier molecular flexibility index (Phi) is 3.63. The van der Waals surface area contributed by atoms with Gasteiger partial charge in [-0.2, -0.15) is 5.10 Å². The molecule has 0 bridgehead atoms. The Bertz CT molecular complexity index is 381. The molecule has 1 aromatic rings. The van der Waals surface area contributed by atoms with Crippen LogP contribution in [-0.2, 0) is 0 Å². The number of rotatable bonds is 1. The molecule has 88 valence electrons. The largest absolute Gasteiger partial charge is 0.337 e. The van der Waals surface area contributed by atoms with Gasteiger partial charge in [0.25, 0.3) is 5.91 Å². The number of likely N-dealkylation sites (tertiary alicyclic amines) is 1. The number of nitrogens with zero attached hydrogens (tertiary/aromatic N) is 2. The zero-order valence-corrected chi connectivity index (χ0v) is 11.0. The number of aromatic amines is 1. The number of amides is 1. The Morgan fingerprint density at radius 2 is 1.94 bits per heavy atom. The maximum atomic E-state index is 12.2. The molecular weight excluding hydrogens is 270 g/mol. The molecule has 1 aliphatic heterocycles. The van der Waals surface area contributed by atoms with E-state index in [0.717, 1.165) is 36.1 Å². The standard InChI is InChI=1S/C11H16BrN3O/c1-8-9(12)10(14-13-8)11(16)15-6-4-2-3-5-7-15/h2-7H2,1H3,(H,13,14). The van der Waals surface area contributed by atoms with Crippen LogP contribution in [0.15, 0.2) is 4.47 Å². The summed E-state index contributed by atoms with van der Waals surface area (Å²) in [4.78, 5) is 14.1. The summed E-state index contributed by atoms with van der Waals surface area (Å²) in [7, 11) is 0. The second-order valence-corrected chi connectivity index (χ2v) is 5.01. The number of H-pyrrole nitrogens is 1. The summed E-state index contributed by atoms with van der Waals surface area (Å²) < 4.78 is 0.793. The molecule has 0 aliphatic carbocycles. The van der Waals surface area contributed by atoms with Gasteiger partial charge in [0.15, 0.2) is 5.69 Å². The summed E-state index contributed by atoms with van der Waals surface area (Å²) >= 11 is 3.40. The van der Waals surface area contributed by atoms with Crippen molar-refractivity contribution in [3.63, 3.8) is 0 Å². The molecule has 0 radical (unpaired) electrons. The Balaban J connectivity index is 2.14. The molecule has 1 aromatic heterocycles. The maximum absolute atomic E-state index is 12.2. The highest BCUT2D eigenvalue weighted by Gasteiger charge is 2.22. The fourth-order valence-corrected chi connectivity index (χ4v) is 2.33. The lowest BCUT2D eigenvalue weighted by atomic mass is 10.2. The van der Waals surface area contributed by atoms with Gasteiger partial charge in [0.2, 0.25) is 0 Å². The fraction of sp³-hybridized carbons (Fsp3) is 0.636. The third-order valence-corrected chi connectivity index (χ3v) is 3.94. The molecule has 16 heavy (non-hydrogen) atoms. The van der Waals surface area contributed by atoms with E-state index in [0.29, 0.717) is 5.69 Å². The first kappa shape index (κ1) is 11.6. The van der Waals surface area contributed by atoms with Gasteiger partial charge in [0.05, 0.1) is 4.47 Å². The first-order chi connectivity index (χ1) is 7.70. The molecular formula is C11H16BrN3O. The van der Waals surface area contributed by atoms with E-state index in [4.69, 9.17) is 0 Å². The van der Waals surface area contributed by atoms with Crippen molar-refractivity contribution in [2.24, 2.45) is 0 Å². The first-order valence-corrected chi connectivity index (χ1v) is 6.49. The van der Waals surface area contributed by atoms with E-state index in [1.165, 1.54) is 12.8 Å². The van der Waals surface area contributed by atoms with Crippen molar-refractivity contribution in [3.8, 4) is 0 Å². The summed E-state index contributed by atoms with van der Waals surface area (Å²) in [6.07, 6.45) is 4.66. The summed E-state index contributed by atoms with van der Waals surface area (Å²) in [5.41, 5.74) is 1.41. The molecule has 2 rings (SSSR count). The highest BCUT2D eigenvalue weighted by Crippen LogP contribution is 2.21. The minimum Gasteiger partial charge on any atom is -0.337 e. The number of hydrogen-bond acceptors (Lipinski definition) is 2. The zero-order chi connectivity index (χ0) is 11.5. The van der Waals surface area contributed by atoms with Gasteiger partial charge in [-0.3, -0.25) is 9.89 Å². The van der Waals surface area contributed by atoms with Crippen LogP contribution in [0.1, 0.15) is 41.9 Å². The van der Waals surface area contributed by atoms with Crippen molar-refractivity contribution in [1.82, 2.24) is 15.1 Å². The Hall–Kier alpha value is -0.840. The van der Waals surface area contributed by atoms with Crippen LogP contribution in [-0.4, -0.2) is 34.1 Å². The molecule has 0 aromatic carbocycles. The van der Waals surface area contributed by atoms with Gasteiger partial charge >= 0.3 is 0 Å². The lowest BCUT2D eigenvalue weighted by Gasteiger charge is -2.19. The normalized spacial score (nSPS) is 17.2. The van der Waals surface area contributed by atoms with Gasteiger partial charge in [-0.05, 0) is 35.7 Å². The van der Waals surface area contributed by atoms with Gasteiger partial charge in [-0.1, -0.05) is 12.8 Å². The minimum absolute atomic E-state index is 0.0399. The number of hydrogen-bond donors (Lipinski definition) is 1. The number of halogens is 1. The van der Waals surface area contributed by atoms with Crippen LogP contribution in [0.4, 0.5) is 0 Å². The molecule has 0 unspecified atom stereocenters. The second-order valence-electron chi connectivity index (χ2n) is 4.22. The summed E-state index contributed by atoms with van der Waals surface area (Å²) in [5, 5.41) is 6.89. The summed E-state index contributed by atoms with van der Waals surface area (Å²) in [6, 6.07) is 0. The number of nitrogens with one attached hydrogen (secondary N) is 1. The Morgan fingerprint density at radius 3 is 2.44 bits per heavy atom. The molecule has 0 saturated carbocycles. The monoisotopic (exact) mass is 285 g/mol. The van der Waals surface area contributed by atoms with Crippen molar-refractivity contribution in [3.05, 3.63) is 15.9 Å². The van der Waals surface area contributed by atoms with Gasteiger partial charge in [-0.15, -0.1) is 0 Å². The molecule has 0 spiro atoms. The molecule has 1 amide bonds. The predicted molar refractivity (Wildman–Crippen MR) is 65.4 cm³/mol. The Morgan fingerprint density at radius 1 is 1.31 bits per heavy atom. The van der Waals surface area contributed by atoms with Crippen LogP contribution in [0.3, 0.4) is 0 Å². The van der Waals surface area contributed by atoms with Crippen LogP contribution in [0.5, 0.6) is 0 Å². The fourth-order valence-electron chi connectivity index (χ4n) is 1.98. The molecule has 1 fully saturated rings. The topological polar surface area (TPSA) is 49.0 Å². The van der Waals surface area contributed by atoms with E-state index >= 15 is 0 Å². The average molecular weight is 286 g/mol. The van der Waals surface area contributed by atoms with Crippen LogP contribution in [0.2, 0.25) is 0 Å². The molecule has 4 nitrogen and oxygen atoms in total. The van der Waals surface area contributed by atoms with E-state index in [-0.39, 0.29) is 5.91 Å². The number of aromatic nitrogens is 2. The summed E-state index contributed by atoms with van der Waals surface area (Å²) in [6.45, 7) is 3.62. The van der Waals surface area contributed by atoms with Crippen molar-refractivity contribution in [2.45, 2.75) is 32.6 Å². The van der Waals surface area contributed by atoms with E-state index in [9.17, 15) is 4.79 Å². The van der Waals surface area contributed by atoms with Crippen LogP contribution < -0.4 is 0 Å². The third-order valence-electron chi connectivity index (χ3n) is 2.97. The number of carbonyl (C=O) groups excluding carboxylic acids is 1. The highest BCUT2D eigenvalue weighted by atomic mass is 79.9.